The van der Waals surface area contributed by atoms with Crippen LogP contribution in [-0.2, 0) is 9.53 Å². The second-order valence-electron chi connectivity index (χ2n) is 6.70. The van der Waals surface area contributed by atoms with E-state index in [1.807, 2.05) is 26.0 Å². The van der Waals surface area contributed by atoms with Crippen molar-refractivity contribution < 1.29 is 9.53 Å². The minimum atomic E-state index is -0.208. The molecule has 0 saturated heterocycles. The van der Waals surface area contributed by atoms with E-state index in [4.69, 9.17) is 4.74 Å². The van der Waals surface area contributed by atoms with Gasteiger partial charge in [-0.25, -0.2) is 4.79 Å². The van der Waals surface area contributed by atoms with E-state index in [2.05, 4.69) is 50.3 Å². The average Bonchev–Trinajstić information content (AvgIpc) is 2.64. The Morgan fingerprint density at radius 2 is 1.85 bits per heavy atom. The Hall–Kier alpha value is -2.09. The maximum absolute atomic E-state index is 11.9. The molecule has 0 aromatic carbocycles. The Bertz CT molecular complexity index is 625. The molecule has 0 N–H and O–H groups in total. The van der Waals surface area contributed by atoms with Crippen molar-refractivity contribution in [3.8, 4) is 0 Å². The molecule has 1 aliphatic carbocycles. The van der Waals surface area contributed by atoms with Gasteiger partial charge in [-0.3, -0.25) is 0 Å². The zero-order chi connectivity index (χ0) is 19.2. The second kappa shape index (κ2) is 13.2. The smallest absolute Gasteiger partial charge is 0.333 e. The molecule has 0 fully saturated rings. The van der Waals surface area contributed by atoms with E-state index in [1.54, 1.807) is 0 Å². The SMILES string of the molecule is CCCC(=CC=C(C)C=CC=C(C)C=CC1=CCCCC1)C(=O)OCC. The van der Waals surface area contributed by atoms with Gasteiger partial charge in [-0.2, -0.15) is 0 Å². The fourth-order valence-electron chi connectivity index (χ4n) is 2.69. The van der Waals surface area contributed by atoms with Crippen molar-refractivity contribution in [1.82, 2.24) is 0 Å². The molecule has 0 unspecified atom stereocenters. The average molecular weight is 355 g/mol. The summed E-state index contributed by atoms with van der Waals surface area (Å²) in [6.07, 6.45) is 23.6. The summed E-state index contributed by atoms with van der Waals surface area (Å²) >= 11 is 0. The van der Waals surface area contributed by atoms with Crippen molar-refractivity contribution >= 4 is 5.97 Å². The number of ether oxygens (including phenoxy) is 1. The maximum atomic E-state index is 11.9. The molecule has 0 amide bonds. The minimum absolute atomic E-state index is 0.208. The van der Waals surface area contributed by atoms with Crippen LogP contribution in [0.25, 0.3) is 0 Å². The van der Waals surface area contributed by atoms with Crippen molar-refractivity contribution in [3.05, 3.63) is 70.9 Å². The quantitative estimate of drug-likeness (QED) is 0.259. The first-order chi connectivity index (χ1) is 12.6. The normalized spacial score (nSPS) is 17.1. The van der Waals surface area contributed by atoms with Crippen molar-refractivity contribution in [2.45, 2.75) is 66.2 Å². The van der Waals surface area contributed by atoms with Gasteiger partial charge in [0.2, 0.25) is 0 Å². The van der Waals surface area contributed by atoms with Crippen molar-refractivity contribution in [3.63, 3.8) is 0 Å². The summed E-state index contributed by atoms with van der Waals surface area (Å²) < 4.78 is 5.10. The second-order valence-corrected chi connectivity index (χ2v) is 6.70. The number of hydrogen-bond acceptors (Lipinski definition) is 2. The molecule has 0 bridgehead atoms. The molecule has 0 aliphatic heterocycles. The molecule has 1 rings (SSSR count). The molecule has 26 heavy (non-hydrogen) atoms. The molecule has 142 valence electrons. The summed E-state index contributed by atoms with van der Waals surface area (Å²) in [6.45, 7) is 8.46. The fourth-order valence-corrected chi connectivity index (χ4v) is 2.69. The first-order valence-electron chi connectivity index (χ1n) is 9.83. The molecular weight excluding hydrogens is 320 g/mol. The Morgan fingerprint density at radius 1 is 1.08 bits per heavy atom. The lowest BCUT2D eigenvalue weighted by molar-refractivity contribution is -0.138. The van der Waals surface area contributed by atoms with E-state index in [0.717, 1.165) is 24.0 Å². The Morgan fingerprint density at radius 3 is 2.50 bits per heavy atom. The highest BCUT2D eigenvalue weighted by atomic mass is 16.5. The molecule has 0 atom stereocenters. The topological polar surface area (TPSA) is 26.3 Å². The van der Waals surface area contributed by atoms with Crippen LogP contribution in [0.5, 0.6) is 0 Å². The highest BCUT2D eigenvalue weighted by molar-refractivity contribution is 5.88. The zero-order valence-corrected chi connectivity index (χ0v) is 16.9. The summed E-state index contributed by atoms with van der Waals surface area (Å²) in [4.78, 5) is 11.9. The monoisotopic (exact) mass is 354 g/mol. The number of allylic oxidation sites excluding steroid dienone is 11. The third-order valence-electron chi connectivity index (χ3n) is 4.21. The van der Waals surface area contributed by atoms with Crippen LogP contribution in [0.4, 0.5) is 0 Å². The van der Waals surface area contributed by atoms with E-state index in [1.165, 1.54) is 36.8 Å². The van der Waals surface area contributed by atoms with Crippen LogP contribution in [0.2, 0.25) is 0 Å². The molecular formula is C24H34O2. The molecule has 0 heterocycles. The van der Waals surface area contributed by atoms with E-state index < -0.39 is 0 Å². The number of hydrogen-bond donors (Lipinski definition) is 0. The number of carbonyl (C=O) groups excluding carboxylic acids is 1. The predicted molar refractivity (Wildman–Crippen MR) is 112 cm³/mol. The molecule has 1 aliphatic rings. The molecule has 0 saturated carbocycles. The third-order valence-corrected chi connectivity index (χ3v) is 4.21. The van der Waals surface area contributed by atoms with Gasteiger partial charge < -0.3 is 4.74 Å². The van der Waals surface area contributed by atoms with E-state index in [0.29, 0.717) is 6.61 Å². The Kier molecular flexibility index (Phi) is 11.1. The number of rotatable bonds is 9. The first kappa shape index (κ1) is 22.0. The lowest BCUT2D eigenvalue weighted by Crippen LogP contribution is -2.07. The van der Waals surface area contributed by atoms with Crippen LogP contribution in [0.15, 0.2) is 70.9 Å². The summed E-state index contributed by atoms with van der Waals surface area (Å²) in [6, 6.07) is 0. The van der Waals surface area contributed by atoms with Gasteiger partial charge in [-0.05, 0) is 52.9 Å². The van der Waals surface area contributed by atoms with E-state index in [-0.39, 0.29) is 5.97 Å². The van der Waals surface area contributed by atoms with Gasteiger partial charge in [-0.15, -0.1) is 0 Å². The Balaban J connectivity index is 2.65. The van der Waals surface area contributed by atoms with E-state index in [9.17, 15) is 4.79 Å². The first-order valence-corrected chi connectivity index (χ1v) is 9.83. The van der Waals surface area contributed by atoms with Gasteiger partial charge in [0.1, 0.15) is 0 Å². The summed E-state index contributed by atoms with van der Waals surface area (Å²) in [5.41, 5.74) is 4.52. The van der Waals surface area contributed by atoms with Gasteiger partial charge in [0.25, 0.3) is 0 Å². The lowest BCUT2D eigenvalue weighted by atomic mass is 9.99. The van der Waals surface area contributed by atoms with Crippen LogP contribution in [0.3, 0.4) is 0 Å². The van der Waals surface area contributed by atoms with Crippen LogP contribution in [0.1, 0.15) is 66.2 Å². The van der Waals surface area contributed by atoms with Gasteiger partial charge in [-0.1, -0.05) is 78.7 Å². The third kappa shape index (κ3) is 9.41. The largest absolute Gasteiger partial charge is 0.463 e. The molecule has 2 heteroatoms. The number of carbonyl (C=O) groups is 1. The zero-order valence-electron chi connectivity index (χ0n) is 16.9. The van der Waals surface area contributed by atoms with Crippen LogP contribution in [-0.4, -0.2) is 12.6 Å². The van der Waals surface area contributed by atoms with Crippen molar-refractivity contribution in [2.75, 3.05) is 6.61 Å². The van der Waals surface area contributed by atoms with Crippen molar-refractivity contribution in [1.29, 1.82) is 0 Å². The predicted octanol–water partition coefficient (Wildman–Crippen LogP) is 6.78. The molecule has 0 spiro atoms. The van der Waals surface area contributed by atoms with E-state index >= 15 is 0 Å². The summed E-state index contributed by atoms with van der Waals surface area (Å²) in [5.74, 6) is -0.208. The van der Waals surface area contributed by atoms with Gasteiger partial charge in [0.15, 0.2) is 0 Å². The lowest BCUT2D eigenvalue weighted by Gasteiger charge is -2.07. The van der Waals surface area contributed by atoms with Crippen LogP contribution < -0.4 is 0 Å². The summed E-state index contributed by atoms with van der Waals surface area (Å²) in [7, 11) is 0. The highest BCUT2D eigenvalue weighted by Crippen LogP contribution is 2.18. The van der Waals surface area contributed by atoms with Crippen LogP contribution >= 0.6 is 0 Å². The molecule has 0 aromatic rings. The minimum Gasteiger partial charge on any atom is -0.463 e. The molecule has 2 nitrogen and oxygen atoms in total. The van der Waals surface area contributed by atoms with Gasteiger partial charge >= 0.3 is 5.97 Å². The molecule has 0 aromatic heterocycles. The van der Waals surface area contributed by atoms with Gasteiger partial charge in [0.05, 0.1) is 6.61 Å². The maximum Gasteiger partial charge on any atom is 0.333 e. The van der Waals surface area contributed by atoms with Gasteiger partial charge in [0, 0.05) is 5.57 Å². The van der Waals surface area contributed by atoms with Crippen molar-refractivity contribution in [2.24, 2.45) is 0 Å². The fraction of sp³-hybridized carbons (Fsp3) is 0.458. The highest BCUT2D eigenvalue weighted by Gasteiger charge is 2.07. The molecule has 0 radical (unpaired) electrons. The summed E-state index contributed by atoms with van der Waals surface area (Å²) in [5, 5.41) is 0. The van der Waals surface area contributed by atoms with Crippen LogP contribution in [0, 0.1) is 0 Å². The number of esters is 1. The Labute approximate surface area is 159 Å². The standard InChI is InChI=1S/C24H34O2/c1-5-11-23(24(25)26-6-2)19-17-21(4)13-10-12-20(3)16-18-22-14-8-7-9-15-22/h10,12-14,16-19H,5-9,11,15H2,1-4H3.